The second kappa shape index (κ2) is 7.95. The van der Waals surface area contributed by atoms with E-state index in [0.717, 1.165) is 38.5 Å². The first kappa shape index (κ1) is 23.4. The van der Waals surface area contributed by atoms with Crippen molar-refractivity contribution < 1.29 is 19.2 Å². The van der Waals surface area contributed by atoms with Crippen LogP contribution < -0.4 is 10.6 Å². The average molecular weight is 445 g/mol. The first-order valence-electron chi connectivity index (χ1n) is 12.6. The van der Waals surface area contributed by atoms with Crippen LogP contribution in [0.15, 0.2) is 0 Å². The maximum atomic E-state index is 12.8. The van der Waals surface area contributed by atoms with E-state index in [2.05, 4.69) is 10.6 Å². The van der Waals surface area contributed by atoms with Gasteiger partial charge in [-0.3, -0.25) is 19.2 Å². The molecule has 0 aromatic heterocycles. The molecule has 0 spiro atoms. The second-order valence-corrected chi connectivity index (χ2v) is 12.1. The Hall–Kier alpha value is -1.72. The second-order valence-electron chi connectivity index (χ2n) is 12.1. The van der Waals surface area contributed by atoms with Crippen LogP contribution in [-0.2, 0) is 19.2 Å². The number of unbranched alkanes of at least 4 members (excludes halogenated alkanes) is 3. The fourth-order valence-electron chi connectivity index (χ4n) is 7.30. The summed E-state index contributed by atoms with van der Waals surface area (Å²) in [5, 5.41) is 6.04. The van der Waals surface area contributed by atoms with Crippen molar-refractivity contribution in [3.05, 3.63) is 0 Å². The van der Waals surface area contributed by atoms with Crippen LogP contribution in [-0.4, -0.2) is 36.5 Å². The van der Waals surface area contributed by atoms with Crippen LogP contribution in [0.4, 0.5) is 0 Å². The fourth-order valence-corrected chi connectivity index (χ4v) is 7.30. The summed E-state index contributed by atoms with van der Waals surface area (Å²) < 4.78 is 0. The molecule has 0 aliphatic heterocycles. The Morgan fingerprint density at radius 2 is 1.09 bits per heavy atom. The smallest absolute Gasteiger partial charge is 0.233 e. The van der Waals surface area contributed by atoms with Gasteiger partial charge in [0.15, 0.2) is 11.6 Å². The van der Waals surface area contributed by atoms with Crippen molar-refractivity contribution >= 4 is 23.4 Å². The van der Waals surface area contributed by atoms with Crippen molar-refractivity contribution in [3.8, 4) is 0 Å². The number of Topliss-reactive ketones (excluding diaryl/α,β-unsaturated/α-hetero) is 2. The number of hydrogen-bond donors (Lipinski definition) is 2. The molecule has 4 aliphatic carbocycles. The summed E-state index contributed by atoms with van der Waals surface area (Å²) >= 11 is 0. The summed E-state index contributed by atoms with van der Waals surface area (Å²) in [6.07, 6.45) is 8.45. The molecule has 4 bridgehead atoms. The van der Waals surface area contributed by atoms with Gasteiger partial charge in [0, 0.05) is 23.9 Å². The molecule has 2 N–H and O–H groups in total. The summed E-state index contributed by atoms with van der Waals surface area (Å²) in [5.74, 6) is 0.813. The Morgan fingerprint density at radius 1 is 0.719 bits per heavy atom. The molecule has 2 amide bonds. The van der Waals surface area contributed by atoms with E-state index < -0.39 is 10.8 Å². The van der Waals surface area contributed by atoms with Crippen molar-refractivity contribution in [1.82, 2.24) is 10.6 Å². The van der Waals surface area contributed by atoms with Crippen LogP contribution in [0, 0.1) is 33.5 Å². The van der Waals surface area contributed by atoms with Gasteiger partial charge in [-0.1, -0.05) is 40.5 Å². The summed E-state index contributed by atoms with van der Waals surface area (Å²) in [7, 11) is 0. The fraction of sp³-hybridized carbons (Fsp3) is 0.846. The van der Waals surface area contributed by atoms with Gasteiger partial charge in [0.05, 0.1) is 0 Å². The predicted octanol–water partition coefficient (Wildman–Crippen LogP) is 3.57. The normalized spacial score (nSPS) is 36.0. The lowest BCUT2D eigenvalue weighted by Gasteiger charge is -2.32. The quantitative estimate of drug-likeness (QED) is 0.420. The molecule has 6 nitrogen and oxygen atoms in total. The number of nitrogens with one attached hydrogen (secondary N) is 2. The number of ketones is 2. The number of hydrogen-bond acceptors (Lipinski definition) is 4. The number of carbonyl (C=O) groups is 4. The van der Waals surface area contributed by atoms with Crippen LogP contribution in [0.25, 0.3) is 0 Å². The first-order valence-corrected chi connectivity index (χ1v) is 12.6. The van der Waals surface area contributed by atoms with E-state index >= 15 is 0 Å². The Balaban J connectivity index is 1.11. The van der Waals surface area contributed by atoms with Crippen LogP contribution in [0.5, 0.6) is 0 Å². The average Bonchev–Trinajstić information content (AvgIpc) is 3.47. The number of amides is 2. The van der Waals surface area contributed by atoms with E-state index in [0.29, 0.717) is 50.6 Å². The molecule has 4 aliphatic rings. The maximum absolute atomic E-state index is 12.8. The van der Waals surface area contributed by atoms with E-state index in [1.807, 2.05) is 27.7 Å². The zero-order valence-electron chi connectivity index (χ0n) is 20.3. The highest BCUT2D eigenvalue weighted by Crippen LogP contribution is 2.61. The van der Waals surface area contributed by atoms with Crippen molar-refractivity contribution in [2.24, 2.45) is 33.5 Å². The molecule has 4 rings (SSSR count). The zero-order chi connectivity index (χ0) is 23.4. The van der Waals surface area contributed by atoms with E-state index in [-0.39, 0.29) is 34.2 Å². The molecule has 0 radical (unpaired) electrons. The molecular formula is C26H40N2O4. The molecule has 0 aromatic carbocycles. The zero-order valence-corrected chi connectivity index (χ0v) is 20.3. The lowest BCUT2D eigenvalue weighted by atomic mass is 9.70. The van der Waals surface area contributed by atoms with Gasteiger partial charge in [0.2, 0.25) is 11.8 Å². The van der Waals surface area contributed by atoms with Gasteiger partial charge in [-0.25, -0.2) is 0 Å². The third-order valence-corrected chi connectivity index (χ3v) is 9.65. The van der Waals surface area contributed by atoms with Gasteiger partial charge in [-0.15, -0.1) is 0 Å². The molecule has 4 fully saturated rings. The summed E-state index contributed by atoms with van der Waals surface area (Å²) in [5.41, 5.74) is -2.28. The van der Waals surface area contributed by atoms with Crippen LogP contribution >= 0.6 is 0 Å². The largest absolute Gasteiger partial charge is 0.355 e. The van der Waals surface area contributed by atoms with Gasteiger partial charge in [0.25, 0.3) is 0 Å². The molecule has 4 saturated carbocycles. The van der Waals surface area contributed by atoms with Gasteiger partial charge in [-0.05, 0) is 63.2 Å². The minimum atomic E-state index is -0.774. The third-order valence-electron chi connectivity index (χ3n) is 9.65. The number of rotatable bonds is 9. The molecule has 0 saturated heterocycles. The molecular weight excluding hydrogens is 404 g/mol. The summed E-state index contributed by atoms with van der Waals surface area (Å²) in [6.45, 7) is 9.14. The minimum Gasteiger partial charge on any atom is -0.355 e. The van der Waals surface area contributed by atoms with Gasteiger partial charge in [0.1, 0.15) is 10.8 Å². The third kappa shape index (κ3) is 3.35. The molecule has 4 unspecified atom stereocenters. The van der Waals surface area contributed by atoms with Crippen LogP contribution in [0.1, 0.15) is 91.9 Å². The van der Waals surface area contributed by atoms with Crippen molar-refractivity contribution in [1.29, 1.82) is 0 Å². The Kier molecular flexibility index (Phi) is 5.82. The number of carbonyl (C=O) groups excluding carboxylic acids is 4. The minimum absolute atomic E-state index is 0.0684. The van der Waals surface area contributed by atoms with E-state index in [1.54, 1.807) is 0 Å². The lowest BCUT2D eigenvalue weighted by molar-refractivity contribution is -0.146. The monoisotopic (exact) mass is 444 g/mol. The van der Waals surface area contributed by atoms with E-state index in [9.17, 15) is 19.2 Å². The van der Waals surface area contributed by atoms with E-state index in [4.69, 9.17) is 0 Å². The van der Waals surface area contributed by atoms with Gasteiger partial charge < -0.3 is 10.6 Å². The summed E-state index contributed by atoms with van der Waals surface area (Å²) in [4.78, 5) is 51.2. The van der Waals surface area contributed by atoms with E-state index in [1.165, 1.54) is 0 Å². The van der Waals surface area contributed by atoms with Gasteiger partial charge in [-0.2, -0.15) is 0 Å². The molecule has 0 aromatic rings. The van der Waals surface area contributed by atoms with Crippen molar-refractivity contribution in [2.75, 3.05) is 13.1 Å². The van der Waals surface area contributed by atoms with Crippen LogP contribution in [0.3, 0.4) is 0 Å². The van der Waals surface area contributed by atoms with Crippen LogP contribution in [0.2, 0.25) is 0 Å². The number of fused-ring (bicyclic) bond motifs is 4. The van der Waals surface area contributed by atoms with Gasteiger partial charge >= 0.3 is 0 Å². The highest BCUT2D eigenvalue weighted by molar-refractivity contribution is 6.11. The topological polar surface area (TPSA) is 92.3 Å². The Morgan fingerprint density at radius 3 is 1.41 bits per heavy atom. The Bertz CT molecular complexity index is 764. The molecule has 0 heterocycles. The van der Waals surface area contributed by atoms with Crippen molar-refractivity contribution in [2.45, 2.75) is 91.9 Å². The lowest BCUT2D eigenvalue weighted by Crippen LogP contribution is -2.47. The molecule has 4 atom stereocenters. The highest BCUT2D eigenvalue weighted by atomic mass is 16.2. The predicted molar refractivity (Wildman–Crippen MR) is 122 cm³/mol. The molecule has 6 heteroatoms. The Labute approximate surface area is 192 Å². The maximum Gasteiger partial charge on any atom is 0.233 e. The highest BCUT2D eigenvalue weighted by Gasteiger charge is 2.65. The SMILES string of the molecule is CC1(C)C(=O)C2(C(=O)NCCCCCCNC(=O)C34CCC(C3)C(C)(C)C4=O)CCC1C2. The first-order chi connectivity index (χ1) is 15.0. The van der Waals surface area contributed by atoms with Crippen molar-refractivity contribution in [3.63, 3.8) is 0 Å². The standard InChI is InChI=1S/C26H40N2O4/c1-23(2)17-9-11-25(15-17,19(23)29)21(31)27-13-7-5-6-8-14-28-22(32)26-12-10-18(16-26)24(3,4)20(26)30/h17-18H,5-16H2,1-4H3,(H,27,31)(H,28,32). The summed E-state index contributed by atoms with van der Waals surface area (Å²) in [6, 6.07) is 0. The molecule has 32 heavy (non-hydrogen) atoms. The molecule has 178 valence electrons.